The molecule has 1 aromatic carbocycles. The van der Waals surface area contributed by atoms with Gasteiger partial charge in [0.25, 0.3) is 0 Å². The molecule has 0 saturated heterocycles. The van der Waals surface area contributed by atoms with Crippen LogP contribution in [-0.4, -0.2) is 19.7 Å². The summed E-state index contributed by atoms with van der Waals surface area (Å²) in [5.41, 5.74) is 1.83. The molecule has 2 nitrogen and oxygen atoms in total. The number of benzene rings is 1. The van der Waals surface area contributed by atoms with Crippen LogP contribution in [0.5, 0.6) is 5.75 Å². The topological polar surface area (TPSA) is 21.3 Å². The molecule has 0 aromatic heterocycles. The molecule has 1 saturated carbocycles. The van der Waals surface area contributed by atoms with Crippen LogP contribution in [0.2, 0.25) is 0 Å². The van der Waals surface area contributed by atoms with Gasteiger partial charge in [0.1, 0.15) is 5.75 Å². The van der Waals surface area contributed by atoms with E-state index in [9.17, 15) is 0 Å². The average Bonchev–Trinajstić information content (AvgIpc) is 2.26. The Morgan fingerprint density at radius 3 is 2.28 bits per heavy atom. The van der Waals surface area contributed by atoms with Gasteiger partial charge in [0.2, 0.25) is 0 Å². The van der Waals surface area contributed by atoms with E-state index in [0.717, 1.165) is 18.2 Å². The minimum absolute atomic E-state index is 0.380. The second-order valence-electron chi connectivity index (χ2n) is 6.58. The molecule has 1 aliphatic carbocycles. The van der Waals surface area contributed by atoms with Crippen LogP contribution in [-0.2, 0) is 0 Å². The van der Waals surface area contributed by atoms with Crippen LogP contribution in [0, 0.1) is 5.41 Å². The predicted molar refractivity (Wildman–Crippen MR) is 76.2 cm³/mol. The van der Waals surface area contributed by atoms with E-state index < -0.39 is 0 Å². The zero-order valence-corrected chi connectivity index (χ0v) is 12.0. The van der Waals surface area contributed by atoms with Crippen molar-refractivity contribution in [3.63, 3.8) is 0 Å². The molecule has 0 spiro atoms. The van der Waals surface area contributed by atoms with Gasteiger partial charge >= 0.3 is 0 Å². The Kier molecular flexibility index (Phi) is 3.96. The first-order valence-corrected chi connectivity index (χ1v) is 6.85. The number of hydrogen-bond donors (Lipinski definition) is 1. The van der Waals surface area contributed by atoms with Gasteiger partial charge in [-0.3, -0.25) is 0 Å². The van der Waals surface area contributed by atoms with Gasteiger partial charge in [-0.05, 0) is 41.9 Å². The van der Waals surface area contributed by atoms with Crippen molar-refractivity contribution in [3.05, 3.63) is 29.8 Å². The van der Waals surface area contributed by atoms with Gasteiger partial charge in [0.15, 0.2) is 0 Å². The fraction of sp³-hybridized carbons (Fsp3) is 0.625. The first-order valence-electron chi connectivity index (χ1n) is 6.85. The van der Waals surface area contributed by atoms with E-state index in [4.69, 9.17) is 4.74 Å². The largest absolute Gasteiger partial charge is 0.497 e. The third-order valence-corrected chi connectivity index (χ3v) is 3.65. The maximum absolute atomic E-state index is 5.19. The molecular formula is C16H25NO. The molecule has 0 unspecified atom stereocenters. The molecule has 18 heavy (non-hydrogen) atoms. The molecular weight excluding hydrogens is 222 g/mol. The van der Waals surface area contributed by atoms with Gasteiger partial charge in [-0.25, -0.2) is 0 Å². The number of rotatable bonds is 4. The van der Waals surface area contributed by atoms with Crippen molar-refractivity contribution in [1.82, 2.24) is 5.32 Å². The highest BCUT2D eigenvalue weighted by Crippen LogP contribution is 2.37. The van der Waals surface area contributed by atoms with E-state index >= 15 is 0 Å². The van der Waals surface area contributed by atoms with Gasteiger partial charge in [0, 0.05) is 12.6 Å². The predicted octanol–water partition coefficient (Wildman–Crippen LogP) is 3.58. The van der Waals surface area contributed by atoms with E-state index in [0.29, 0.717) is 11.5 Å². The summed E-state index contributed by atoms with van der Waals surface area (Å²) in [6.07, 6.45) is 2.53. The van der Waals surface area contributed by atoms with Crippen LogP contribution in [0.1, 0.15) is 45.1 Å². The van der Waals surface area contributed by atoms with Gasteiger partial charge in [-0.2, -0.15) is 0 Å². The van der Waals surface area contributed by atoms with Crippen molar-refractivity contribution in [3.8, 4) is 5.75 Å². The average molecular weight is 247 g/mol. The lowest BCUT2D eigenvalue weighted by atomic mass is 9.75. The lowest BCUT2D eigenvalue weighted by Crippen LogP contribution is -2.43. The first-order chi connectivity index (χ1) is 8.48. The molecule has 0 heterocycles. The van der Waals surface area contributed by atoms with Gasteiger partial charge in [-0.15, -0.1) is 0 Å². The molecule has 0 radical (unpaired) electrons. The monoisotopic (exact) mass is 247 g/mol. The molecule has 100 valence electrons. The molecule has 0 bridgehead atoms. The summed E-state index contributed by atoms with van der Waals surface area (Å²) in [5, 5.41) is 3.66. The van der Waals surface area contributed by atoms with Crippen LogP contribution < -0.4 is 10.1 Å². The Morgan fingerprint density at radius 1 is 1.17 bits per heavy atom. The van der Waals surface area contributed by atoms with Gasteiger partial charge in [0.05, 0.1) is 7.11 Å². The second-order valence-corrected chi connectivity index (χ2v) is 6.58. The quantitative estimate of drug-likeness (QED) is 0.878. The maximum atomic E-state index is 5.19. The molecule has 1 N–H and O–H groups in total. The van der Waals surface area contributed by atoms with Crippen LogP contribution in [0.3, 0.4) is 0 Å². The SMILES string of the molecule is COc1ccc(C2CC(NCC(C)(C)C)C2)cc1. The summed E-state index contributed by atoms with van der Waals surface area (Å²) in [6, 6.07) is 9.22. The van der Waals surface area contributed by atoms with E-state index in [2.05, 4.69) is 50.4 Å². The van der Waals surface area contributed by atoms with E-state index in [1.54, 1.807) is 7.11 Å². The Labute approximate surface area is 111 Å². The van der Waals surface area contributed by atoms with Crippen molar-refractivity contribution in [1.29, 1.82) is 0 Å². The Hall–Kier alpha value is -1.02. The Balaban J connectivity index is 1.78. The maximum Gasteiger partial charge on any atom is 0.118 e. The molecule has 0 aliphatic heterocycles. The molecule has 2 rings (SSSR count). The summed E-state index contributed by atoms with van der Waals surface area (Å²) >= 11 is 0. The zero-order valence-electron chi connectivity index (χ0n) is 12.0. The third kappa shape index (κ3) is 3.49. The number of ether oxygens (including phenoxy) is 1. The minimum atomic E-state index is 0.380. The van der Waals surface area contributed by atoms with Crippen molar-refractivity contribution in [2.45, 2.75) is 45.6 Å². The molecule has 2 heteroatoms. The van der Waals surface area contributed by atoms with Crippen LogP contribution in [0.4, 0.5) is 0 Å². The zero-order chi connectivity index (χ0) is 13.2. The van der Waals surface area contributed by atoms with Crippen molar-refractivity contribution in [2.24, 2.45) is 5.41 Å². The fourth-order valence-corrected chi connectivity index (χ4v) is 2.38. The van der Waals surface area contributed by atoms with E-state index in [-0.39, 0.29) is 0 Å². The fourth-order valence-electron chi connectivity index (χ4n) is 2.38. The highest BCUT2D eigenvalue weighted by Gasteiger charge is 2.30. The summed E-state index contributed by atoms with van der Waals surface area (Å²) in [6.45, 7) is 7.94. The summed E-state index contributed by atoms with van der Waals surface area (Å²) < 4.78 is 5.19. The Morgan fingerprint density at radius 2 is 1.78 bits per heavy atom. The van der Waals surface area contributed by atoms with Crippen molar-refractivity contribution in [2.75, 3.05) is 13.7 Å². The number of methoxy groups -OCH3 is 1. The van der Waals surface area contributed by atoms with Gasteiger partial charge < -0.3 is 10.1 Å². The van der Waals surface area contributed by atoms with Gasteiger partial charge in [-0.1, -0.05) is 32.9 Å². The molecule has 0 atom stereocenters. The summed E-state index contributed by atoms with van der Waals surface area (Å²) in [4.78, 5) is 0. The lowest BCUT2D eigenvalue weighted by molar-refractivity contribution is 0.254. The minimum Gasteiger partial charge on any atom is -0.497 e. The third-order valence-electron chi connectivity index (χ3n) is 3.65. The van der Waals surface area contributed by atoms with E-state index in [1.165, 1.54) is 18.4 Å². The standard InChI is InChI=1S/C16H25NO/c1-16(2,3)11-17-14-9-13(10-14)12-5-7-15(18-4)8-6-12/h5-8,13-14,17H,9-11H2,1-4H3. The number of hydrogen-bond acceptors (Lipinski definition) is 2. The van der Waals surface area contributed by atoms with Crippen molar-refractivity contribution < 1.29 is 4.74 Å². The number of nitrogens with one attached hydrogen (secondary N) is 1. The highest BCUT2D eigenvalue weighted by molar-refractivity contribution is 5.30. The lowest BCUT2D eigenvalue weighted by Gasteiger charge is -2.38. The van der Waals surface area contributed by atoms with Crippen LogP contribution >= 0.6 is 0 Å². The molecule has 1 aromatic rings. The normalized spacial score (nSPS) is 23.6. The van der Waals surface area contributed by atoms with Crippen molar-refractivity contribution >= 4 is 0 Å². The second kappa shape index (κ2) is 5.31. The molecule has 1 fully saturated rings. The van der Waals surface area contributed by atoms with E-state index in [1.807, 2.05) is 0 Å². The highest BCUT2D eigenvalue weighted by atomic mass is 16.5. The summed E-state index contributed by atoms with van der Waals surface area (Å²) in [7, 11) is 1.71. The molecule has 1 aliphatic rings. The Bertz CT molecular complexity index is 371. The van der Waals surface area contributed by atoms with Crippen LogP contribution in [0.15, 0.2) is 24.3 Å². The smallest absolute Gasteiger partial charge is 0.118 e. The first kappa shape index (κ1) is 13.4. The molecule has 0 amide bonds. The van der Waals surface area contributed by atoms with Crippen LogP contribution in [0.25, 0.3) is 0 Å². The summed E-state index contributed by atoms with van der Waals surface area (Å²) in [5.74, 6) is 1.67.